The van der Waals surface area contributed by atoms with E-state index in [-0.39, 0.29) is 22.2 Å². The first-order valence-electron chi connectivity index (χ1n) is 13.2. The zero-order valence-electron chi connectivity index (χ0n) is 23.4. The number of rotatable bonds is 7. The monoisotopic (exact) mass is 597 g/mol. The second-order valence-corrected chi connectivity index (χ2v) is 12.2. The molecule has 5 aromatic rings. The minimum absolute atomic E-state index is 0.0681. The number of pyridine rings is 1. The van der Waals surface area contributed by atoms with Crippen molar-refractivity contribution in [3.05, 3.63) is 106 Å². The van der Waals surface area contributed by atoms with Crippen molar-refractivity contribution < 1.29 is 19.4 Å². The van der Waals surface area contributed by atoms with Gasteiger partial charge in [0, 0.05) is 11.9 Å². The highest BCUT2D eigenvalue weighted by Crippen LogP contribution is 2.44. The molecule has 1 N–H and O–H groups in total. The molecule has 1 aliphatic heterocycles. The molecule has 9 nitrogen and oxygen atoms in total. The molecule has 6 rings (SSSR count). The number of hydrogen-bond donors (Lipinski definition) is 1. The summed E-state index contributed by atoms with van der Waals surface area (Å²) in [6, 6.07) is 18.2. The van der Waals surface area contributed by atoms with Crippen LogP contribution < -0.4 is 9.64 Å². The minimum atomic E-state index is -0.965. The number of carbonyl (C=O) groups excluding carboxylic acids is 2. The zero-order valence-corrected chi connectivity index (χ0v) is 25.0. The number of carbonyl (C=O) groups is 2. The average molecular weight is 598 g/mol. The molecule has 0 radical (unpaired) electrons. The summed E-state index contributed by atoms with van der Waals surface area (Å²) in [4.78, 5) is 33.3. The molecule has 0 spiro atoms. The Morgan fingerprint density at radius 1 is 1.05 bits per heavy atom. The van der Waals surface area contributed by atoms with Crippen LogP contribution in [0.25, 0.3) is 11.4 Å². The Kier molecular flexibility index (Phi) is 7.29. The van der Waals surface area contributed by atoms with Crippen molar-refractivity contribution in [3.63, 3.8) is 0 Å². The number of aliphatic hydroxyl groups is 1. The third-order valence-electron chi connectivity index (χ3n) is 7.25. The molecular weight excluding hydrogens is 571 g/mol. The topological polar surface area (TPSA) is 110 Å². The van der Waals surface area contributed by atoms with Crippen LogP contribution in [0.2, 0.25) is 0 Å². The van der Waals surface area contributed by atoms with Gasteiger partial charge in [-0.05, 0) is 55.7 Å². The highest BCUT2D eigenvalue weighted by Gasteiger charge is 2.49. The molecule has 1 atom stereocenters. The predicted octanol–water partition coefficient (Wildman–Crippen LogP) is 6.04. The average Bonchev–Trinajstić information content (AvgIpc) is 3.68. The summed E-state index contributed by atoms with van der Waals surface area (Å²) in [5.74, 6) is -0.739. The van der Waals surface area contributed by atoms with Gasteiger partial charge in [-0.15, -0.1) is 10.2 Å². The first-order chi connectivity index (χ1) is 20.3. The largest absolute Gasteiger partial charge is 0.505 e. The molecule has 1 saturated heterocycles. The lowest BCUT2D eigenvalue weighted by Crippen LogP contribution is -2.29. The number of aliphatic hydroxyl groups excluding tert-OH is 1. The Labute approximate surface area is 250 Å². The standard InChI is InChI=1S/C31H27N5O4S2/c1-17-10-12-20(13-11-17)16-41-31-34-33-30(42-31)36-25(21-8-5-9-22(15-21)40-4)23(27(38)29(36)39)26(37)24-19(3)35-14-6-7-18(2)28(35)32-24/h5-15,25,37H,16H2,1-4H3. The van der Waals surface area contributed by atoms with Crippen molar-refractivity contribution in [1.29, 1.82) is 0 Å². The molecule has 11 heteroatoms. The Morgan fingerprint density at radius 2 is 1.83 bits per heavy atom. The van der Waals surface area contributed by atoms with E-state index in [1.165, 1.54) is 33.6 Å². The molecule has 0 bridgehead atoms. The van der Waals surface area contributed by atoms with Gasteiger partial charge in [0.1, 0.15) is 17.1 Å². The molecular formula is C31H27N5O4S2. The van der Waals surface area contributed by atoms with Gasteiger partial charge in [-0.3, -0.25) is 14.5 Å². The number of ketones is 1. The summed E-state index contributed by atoms with van der Waals surface area (Å²) >= 11 is 2.73. The number of benzene rings is 2. The molecule has 1 unspecified atom stereocenters. The van der Waals surface area contributed by atoms with Crippen LogP contribution in [0.1, 0.15) is 39.7 Å². The summed E-state index contributed by atoms with van der Waals surface area (Å²) in [7, 11) is 1.54. The Morgan fingerprint density at radius 3 is 2.57 bits per heavy atom. The summed E-state index contributed by atoms with van der Waals surface area (Å²) in [5.41, 5.74) is 5.28. The number of aromatic nitrogens is 4. The minimum Gasteiger partial charge on any atom is -0.505 e. The Balaban J connectivity index is 1.44. The van der Waals surface area contributed by atoms with E-state index in [4.69, 9.17) is 4.74 Å². The molecule has 1 amide bonds. The van der Waals surface area contributed by atoms with Crippen molar-refractivity contribution >= 4 is 51.3 Å². The van der Waals surface area contributed by atoms with Crippen LogP contribution in [-0.4, -0.2) is 43.5 Å². The van der Waals surface area contributed by atoms with E-state index in [0.29, 0.717) is 32.7 Å². The van der Waals surface area contributed by atoms with Gasteiger partial charge < -0.3 is 14.2 Å². The van der Waals surface area contributed by atoms with Gasteiger partial charge in [0.25, 0.3) is 5.78 Å². The highest BCUT2D eigenvalue weighted by molar-refractivity contribution is 8.00. The number of hydrogen-bond acceptors (Lipinski definition) is 9. The fourth-order valence-electron chi connectivity index (χ4n) is 5.02. The molecule has 2 aromatic carbocycles. The molecule has 42 heavy (non-hydrogen) atoms. The van der Waals surface area contributed by atoms with Crippen molar-refractivity contribution in [2.24, 2.45) is 0 Å². The lowest BCUT2D eigenvalue weighted by molar-refractivity contribution is -0.132. The van der Waals surface area contributed by atoms with Gasteiger partial charge in [0.2, 0.25) is 5.13 Å². The van der Waals surface area contributed by atoms with E-state index in [2.05, 4.69) is 39.4 Å². The van der Waals surface area contributed by atoms with Crippen LogP contribution in [0.5, 0.6) is 5.75 Å². The third-order valence-corrected chi connectivity index (χ3v) is 9.37. The number of Topliss-reactive ketones (excluding diaryl/α,β-unsaturated/α-hetero) is 1. The highest BCUT2D eigenvalue weighted by atomic mass is 32.2. The van der Waals surface area contributed by atoms with Gasteiger partial charge in [-0.1, -0.05) is 71.1 Å². The molecule has 4 heterocycles. The lowest BCUT2D eigenvalue weighted by Gasteiger charge is -2.22. The van der Waals surface area contributed by atoms with Crippen molar-refractivity contribution in [2.75, 3.05) is 12.0 Å². The van der Waals surface area contributed by atoms with Crippen LogP contribution in [0.4, 0.5) is 5.13 Å². The predicted molar refractivity (Wildman–Crippen MR) is 163 cm³/mol. The maximum atomic E-state index is 13.7. The van der Waals surface area contributed by atoms with Gasteiger partial charge in [0.15, 0.2) is 10.1 Å². The smallest absolute Gasteiger partial charge is 0.301 e. The van der Waals surface area contributed by atoms with E-state index in [1.54, 1.807) is 31.4 Å². The van der Waals surface area contributed by atoms with E-state index in [1.807, 2.05) is 43.5 Å². The quantitative estimate of drug-likeness (QED) is 0.0795. The summed E-state index contributed by atoms with van der Waals surface area (Å²) in [6.45, 7) is 5.77. The second-order valence-electron chi connectivity index (χ2n) is 10.0. The Hall–Kier alpha value is -4.48. The molecule has 1 fully saturated rings. The SMILES string of the molecule is COc1cccc(C2C(=C(O)c3nc4c(C)cccn4c3C)C(=O)C(=O)N2c2nnc(SCc3ccc(C)cc3)s2)c1. The van der Waals surface area contributed by atoms with Crippen molar-refractivity contribution in [1.82, 2.24) is 19.6 Å². The van der Waals surface area contributed by atoms with E-state index < -0.39 is 17.7 Å². The number of amides is 1. The number of ether oxygens (including phenoxy) is 1. The summed E-state index contributed by atoms with van der Waals surface area (Å²) < 4.78 is 7.94. The Bertz CT molecular complexity index is 1880. The number of aryl methyl sites for hydroxylation is 3. The normalized spacial score (nSPS) is 16.5. The van der Waals surface area contributed by atoms with Gasteiger partial charge in [-0.2, -0.15) is 0 Å². The van der Waals surface area contributed by atoms with Crippen LogP contribution in [0, 0.1) is 20.8 Å². The summed E-state index contributed by atoms with van der Waals surface area (Å²) in [5, 5.41) is 20.5. The number of thioether (sulfide) groups is 1. The summed E-state index contributed by atoms with van der Waals surface area (Å²) in [6.07, 6.45) is 1.84. The maximum Gasteiger partial charge on any atom is 0.301 e. The number of fused-ring (bicyclic) bond motifs is 1. The lowest BCUT2D eigenvalue weighted by atomic mass is 9.96. The van der Waals surface area contributed by atoms with Gasteiger partial charge >= 0.3 is 5.91 Å². The first kappa shape index (κ1) is 27.7. The van der Waals surface area contributed by atoms with E-state index in [0.717, 1.165) is 11.1 Å². The number of anilines is 1. The molecule has 0 aliphatic carbocycles. The van der Waals surface area contributed by atoms with Crippen LogP contribution in [0.15, 0.2) is 76.8 Å². The van der Waals surface area contributed by atoms with Crippen LogP contribution >= 0.6 is 23.1 Å². The van der Waals surface area contributed by atoms with E-state index >= 15 is 0 Å². The second kappa shape index (κ2) is 11.1. The number of methoxy groups -OCH3 is 1. The molecule has 3 aromatic heterocycles. The van der Waals surface area contributed by atoms with Crippen LogP contribution in [0.3, 0.4) is 0 Å². The first-order valence-corrected chi connectivity index (χ1v) is 15.0. The van der Waals surface area contributed by atoms with Gasteiger partial charge in [0.05, 0.1) is 24.4 Å². The number of imidazole rings is 1. The van der Waals surface area contributed by atoms with Gasteiger partial charge in [-0.25, -0.2) is 4.98 Å². The number of nitrogens with zero attached hydrogens (tertiary/aromatic N) is 5. The fourth-order valence-corrected chi connectivity index (χ4v) is 6.84. The van der Waals surface area contributed by atoms with E-state index in [9.17, 15) is 14.7 Å². The molecule has 212 valence electrons. The van der Waals surface area contributed by atoms with Crippen molar-refractivity contribution in [3.8, 4) is 5.75 Å². The fraction of sp³-hybridized carbons (Fsp3) is 0.194. The maximum absolute atomic E-state index is 13.7. The third kappa shape index (κ3) is 4.84. The molecule has 0 saturated carbocycles. The zero-order chi connectivity index (χ0) is 29.5. The van der Waals surface area contributed by atoms with Crippen LogP contribution in [-0.2, 0) is 15.3 Å². The molecule has 1 aliphatic rings. The van der Waals surface area contributed by atoms with Crippen molar-refractivity contribution in [2.45, 2.75) is 36.9 Å².